The Kier molecular flexibility index (Phi) is 4.13. The third-order valence-corrected chi connectivity index (χ3v) is 1.92. The summed E-state index contributed by atoms with van der Waals surface area (Å²) in [6, 6.07) is 5.07. The molecule has 0 spiro atoms. The topological polar surface area (TPSA) is 63.2 Å². The van der Waals surface area contributed by atoms with Gasteiger partial charge in [-0.3, -0.25) is 0 Å². The highest BCUT2D eigenvalue weighted by Gasteiger charge is 2.10. The molecule has 0 aliphatic heterocycles. The van der Waals surface area contributed by atoms with Crippen LogP contribution in [0.3, 0.4) is 0 Å². The Labute approximate surface area is 95.3 Å². The maximum atomic E-state index is 11.2. The van der Waals surface area contributed by atoms with Crippen LogP contribution in [-0.2, 0) is 9.53 Å². The standard InChI is InChI=1S/C10H8BrNO3/c1-2-14-10(13)7(6-12)5-8-3-4-9(11)15-8/h3-5H,2H2,1H3/b7-5-. The SMILES string of the molecule is CCOC(=O)/C(C#N)=C\c1ccc(Br)o1. The van der Waals surface area contributed by atoms with E-state index in [1.165, 1.54) is 6.08 Å². The zero-order valence-corrected chi connectivity index (χ0v) is 9.58. The maximum absolute atomic E-state index is 11.2. The van der Waals surface area contributed by atoms with Gasteiger partial charge in [0.15, 0.2) is 4.67 Å². The Morgan fingerprint density at radius 1 is 1.73 bits per heavy atom. The molecule has 0 bridgehead atoms. The lowest BCUT2D eigenvalue weighted by molar-refractivity contribution is -0.137. The number of halogens is 1. The number of carbonyl (C=O) groups excluding carboxylic acids is 1. The van der Waals surface area contributed by atoms with Crippen molar-refractivity contribution >= 4 is 28.0 Å². The Morgan fingerprint density at radius 2 is 2.47 bits per heavy atom. The molecule has 0 N–H and O–H groups in total. The van der Waals surface area contributed by atoms with E-state index in [1.807, 2.05) is 0 Å². The lowest BCUT2D eigenvalue weighted by Crippen LogP contribution is -2.05. The molecule has 0 unspecified atom stereocenters. The van der Waals surface area contributed by atoms with Crippen molar-refractivity contribution in [2.45, 2.75) is 6.92 Å². The molecular formula is C10H8BrNO3. The van der Waals surface area contributed by atoms with Crippen molar-refractivity contribution in [1.29, 1.82) is 5.26 Å². The fourth-order valence-corrected chi connectivity index (χ4v) is 1.21. The fourth-order valence-electron chi connectivity index (χ4n) is 0.894. The molecule has 1 heterocycles. The molecule has 5 heteroatoms. The number of nitriles is 1. The summed E-state index contributed by atoms with van der Waals surface area (Å²) in [6.45, 7) is 1.91. The minimum Gasteiger partial charge on any atom is -0.462 e. The zero-order chi connectivity index (χ0) is 11.3. The van der Waals surface area contributed by atoms with E-state index in [0.29, 0.717) is 10.4 Å². The minimum atomic E-state index is -0.646. The van der Waals surface area contributed by atoms with Gasteiger partial charge >= 0.3 is 5.97 Å². The summed E-state index contributed by atoms with van der Waals surface area (Å²) in [5.74, 6) is -0.223. The van der Waals surface area contributed by atoms with Gasteiger partial charge in [0.1, 0.15) is 17.4 Å². The quantitative estimate of drug-likeness (QED) is 0.481. The first-order valence-electron chi connectivity index (χ1n) is 4.21. The number of nitrogens with zero attached hydrogens (tertiary/aromatic N) is 1. The first kappa shape index (κ1) is 11.5. The minimum absolute atomic E-state index is 0.0845. The van der Waals surface area contributed by atoms with Crippen LogP contribution in [0.2, 0.25) is 0 Å². The number of ether oxygens (including phenoxy) is 1. The van der Waals surface area contributed by atoms with E-state index in [9.17, 15) is 4.79 Å². The number of hydrogen-bond acceptors (Lipinski definition) is 4. The average molecular weight is 270 g/mol. The van der Waals surface area contributed by atoms with Crippen molar-refractivity contribution in [2.75, 3.05) is 6.61 Å². The number of furan rings is 1. The van der Waals surface area contributed by atoms with Gasteiger partial charge in [-0.2, -0.15) is 5.26 Å². The summed E-state index contributed by atoms with van der Waals surface area (Å²) >= 11 is 3.12. The lowest BCUT2D eigenvalue weighted by atomic mass is 10.2. The summed E-state index contributed by atoms with van der Waals surface area (Å²) in [6.07, 6.45) is 1.34. The van der Waals surface area contributed by atoms with Gasteiger partial charge < -0.3 is 9.15 Å². The molecule has 0 atom stereocenters. The molecule has 0 saturated carbocycles. The van der Waals surface area contributed by atoms with E-state index >= 15 is 0 Å². The second-order valence-corrected chi connectivity index (χ2v) is 3.31. The van der Waals surface area contributed by atoms with Crippen molar-refractivity contribution in [3.05, 3.63) is 28.1 Å². The predicted octanol–water partition coefficient (Wildman–Crippen LogP) is 2.51. The molecule has 0 fully saturated rings. The highest BCUT2D eigenvalue weighted by atomic mass is 79.9. The van der Waals surface area contributed by atoms with Gasteiger partial charge in [-0.1, -0.05) is 0 Å². The van der Waals surface area contributed by atoms with Crippen LogP contribution in [0, 0.1) is 11.3 Å². The average Bonchev–Trinajstić information content (AvgIpc) is 2.61. The molecule has 15 heavy (non-hydrogen) atoms. The molecular weight excluding hydrogens is 262 g/mol. The number of hydrogen-bond donors (Lipinski definition) is 0. The van der Waals surface area contributed by atoms with Gasteiger partial charge in [-0.05, 0) is 35.0 Å². The van der Waals surface area contributed by atoms with Gasteiger partial charge in [0.25, 0.3) is 0 Å². The van der Waals surface area contributed by atoms with Crippen LogP contribution in [0.25, 0.3) is 6.08 Å². The Bertz CT molecular complexity index is 428. The van der Waals surface area contributed by atoms with Crippen LogP contribution in [0.4, 0.5) is 0 Å². The Balaban J connectivity index is 2.88. The molecule has 0 radical (unpaired) electrons. The summed E-state index contributed by atoms with van der Waals surface area (Å²) in [7, 11) is 0. The van der Waals surface area contributed by atoms with Crippen LogP contribution in [-0.4, -0.2) is 12.6 Å². The molecule has 0 amide bonds. The largest absolute Gasteiger partial charge is 0.462 e. The summed E-state index contributed by atoms with van der Waals surface area (Å²) < 4.78 is 10.4. The summed E-state index contributed by atoms with van der Waals surface area (Å²) in [4.78, 5) is 11.2. The molecule has 0 aromatic carbocycles. The molecule has 0 aliphatic carbocycles. The summed E-state index contributed by atoms with van der Waals surface area (Å²) in [5.41, 5.74) is -0.0845. The third kappa shape index (κ3) is 3.26. The highest BCUT2D eigenvalue weighted by Crippen LogP contribution is 2.16. The first-order valence-corrected chi connectivity index (χ1v) is 5.01. The number of esters is 1. The second kappa shape index (κ2) is 5.37. The van der Waals surface area contributed by atoms with Crippen molar-refractivity contribution < 1.29 is 13.9 Å². The monoisotopic (exact) mass is 269 g/mol. The van der Waals surface area contributed by atoms with Gasteiger partial charge in [-0.15, -0.1) is 0 Å². The van der Waals surface area contributed by atoms with Gasteiger partial charge in [0.2, 0.25) is 0 Å². The molecule has 78 valence electrons. The van der Waals surface area contributed by atoms with Crippen LogP contribution in [0.5, 0.6) is 0 Å². The Hall–Kier alpha value is -1.54. The Morgan fingerprint density at radius 3 is 2.93 bits per heavy atom. The van der Waals surface area contributed by atoms with E-state index < -0.39 is 5.97 Å². The molecule has 0 aliphatic rings. The van der Waals surface area contributed by atoms with Crippen LogP contribution >= 0.6 is 15.9 Å². The third-order valence-electron chi connectivity index (χ3n) is 1.50. The van der Waals surface area contributed by atoms with Gasteiger partial charge in [-0.25, -0.2) is 4.79 Å². The van der Waals surface area contributed by atoms with Crippen LogP contribution in [0.15, 0.2) is 26.8 Å². The van der Waals surface area contributed by atoms with E-state index in [-0.39, 0.29) is 12.2 Å². The van der Waals surface area contributed by atoms with E-state index in [2.05, 4.69) is 15.9 Å². The fraction of sp³-hybridized carbons (Fsp3) is 0.200. The molecule has 1 aromatic rings. The molecule has 0 saturated heterocycles. The van der Waals surface area contributed by atoms with Gasteiger partial charge in [0.05, 0.1) is 6.61 Å². The van der Waals surface area contributed by atoms with Crippen molar-refractivity contribution in [1.82, 2.24) is 0 Å². The lowest BCUT2D eigenvalue weighted by Gasteiger charge is -1.97. The predicted molar refractivity (Wildman–Crippen MR) is 56.6 cm³/mol. The van der Waals surface area contributed by atoms with E-state index in [1.54, 1.807) is 25.1 Å². The number of carbonyl (C=O) groups is 1. The normalized spacial score (nSPS) is 10.9. The van der Waals surface area contributed by atoms with Crippen LogP contribution in [0.1, 0.15) is 12.7 Å². The van der Waals surface area contributed by atoms with Crippen molar-refractivity contribution in [2.24, 2.45) is 0 Å². The van der Waals surface area contributed by atoms with Crippen molar-refractivity contribution in [3.63, 3.8) is 0 Å². The molecule has 4 nitrogen and oxygen atoms in total. The second-order valence-electron chi connectivity index (χ2n) is 2.53. The van der Waals surface area contributed by atoms with E-state index in [4.69, 9.17) is 14.4 Å². The van der Waals surface area contributed by atoms with Crippen molar-refractivity contribution in [3.8, 4) is 6.07 Å². The molecule has 1 aromatic heterocycles. The number of rotatable bonds is 3. The highest BCUT2D eigenvalue weighted by molar-refractivity contribution is 9.10. The van der Waals surface area contributed by atoms with Crippen LogP contribution < -0.4 is 0 Å². The zero-order valence-electron chi connectivity index (χ0n) is 7.99. The summed E-state index contributed by atoms with van der Waals surface area (Å²) in [5, 5.41) is 8.72. The molecule has 1 rings (SSSR count). The van der Waals surface area contributed by atoms with E-state index in [0.717, 1.165) is 0 Å². The first-order chi connectivity index (χ1) is 7.17. The maximum Gasteiger partial charge on any atom is 0.349 e. The smallest absolute Gasteiger partial charge is 0.349 e. The van der Waals surface area contributed by atoms with Gasteiger partial charge in [0, 0.05) is 6.08 Å².